The van der Waals surface area contributed by atoms with Gasteiger partial charge in [0.15, 0.2) is 0 Å². The van der Waals surface area contributed by atoms with Crippen molar-refractivity contribution in [2.45, 2.75) is 194 Å². The van der Waals surface area contributed by atoms with Crippen LogP contribution in [0.5, 0.6) is 0 Å². The summed E-state index contributed by atoms with van der Waals surface area (Å²) in [5.74, 6) is 6.11. The van der Waals surface area contributed by atoms with Crippen LogP contribution in [0.4, 0.5) is 0 Å². The van der Waals surface area contributed by atoms with E-state index >= 15 is 0 Å². The SMILES string of the molecule is CCCCCCC1CC2CCC(CCCCCCCCO)CC2C(CCCCCCCCO)C1CCCCCC. The van der Waals surface area contributed by atoms with Crippen LogP contribution in [-0.2, 0) is 0 Å². The van der Waals surface area contributed by atoms with E-state index in [1.807, 2.05) is 0 Å². The van der Waals surface area contributed by atoms with E-state index in [2.05, 4.69) is 13.8 Å². The van der Waals surface area contributed by atoms with Crippen LogP contribution in [0.3, 0.4) is 0 Å². The van der Waals surface area contributed by atoms with E-state index in [-0.39, 0.29) is 0 Å². The normalized spacial score (nSPS) is 26.7. The van der Waals surface area contributed by atoms with Gasteiger partial charge in [-0.2, -0.15) is 0 Å². The van der Waals surface area contributed by atoms with Gasteiger partial charge < -0.3 is 10.2 Å². The molecule has 2 aliphatic carbocycles. The molecule has 0 aromatic heterocycles. The first-order valence-electron chi connectivity index (χ1n) is 19.0. The molecule has 0 heterocycles. The minimum atomic E-state index is 0.370. The molecule has 2 nitrogen and oxygen atoms in total. The summed E-state index contributed by atoms with van der Waals surface area (Å²) < 4.78 is 0. The second-order valence-corrected chi connectivity index (χ2v) is 14.4. The van der Waals surface area contributed by atoms with E-state index in [4.69, 9.17) is 10.2 Å². The first-order chi connectivity index (χ1) is 19.7. The van der Waals surface area contributed by atoms with Gasteiger partial charge in [-0.3, -0.25) is 0 Å². The molecule has 0 aromatic rings. The summed E-state index contributed by atoms with van der Waals surface area (Å²) in [4.78, 5) is 0. The van der Waals surface area contributed by atoms with Crippen molar-refractivity contribution in [2.75, 3.05) is 13.2 Å². The lowest BCUT2D eigenvalue weighted by Gasteiger charge is -2.52. The Labute approximate surface area is 252 Å². The summed E-state index contributed by atoms with van der Waals surface area (Å²) in [5, 5.41) is 18.2. The van der Waals surface area contributed by atoms with Gasteiger partial charge in [0.05, 0.1) is 0 Å². The summed E-state index contributed by atoms with van der Waals surface area (Å²) in [6, 6.07) is 0. The Morgan fingerprint density at radius 1 is 0.450 bits per heavy atom. The van der Waals surface area contributed by atoms with Crippen molar-refractivity contribution in [2.24, 2.45) is 35.5 Å². The van der Waals surface area contributed by atoms with Crippen LogP contribution in [0.15, 0.2) is 0 Å². The molecule has 0 spiro atoms. The zero-order valence-electron chi connectivity index (χ0n) is 27.6. The van der Waals surface area contributed by atoms with Crippen LogP contribution < -0.4 is 0 Å². The summed E-state index contributed by atoms with van der Waals surface area (Å²) in [5.41, 5.74) is 0. The molecule has 2 heteroatoms. The van der Waals surface area contributed by atoms with Gasteiger partial charge in [-0.05, 0) is 80.5 Å². The molecule has 0 aromatic carbocycles. The maximum Gasteiger partial charge on any atom is 0.0431 e. The molecule has 6 unspecified atom stereocenters. The maximum absolute atomic E-state index is 9.12. The van der Waals surface area contributed by atoms with Crippen molar-refractivity contribution in [1.82, 2.24) is 0 Å². The Bertz CT molecular complexity index is 548. The summed E-state index contributed by atoms with van der Waals surface area (Å²) in [6.45, 7) is 5.46. The van der Waals surface area contributed by atoms with Crippen molar-refractivity contribution in [3.05, 3.63) is 0 Å². The van der Waals surface area contributed by atoms with Crippen LogP contribution in [0.1, 0.15) is 194 Å². The zero-order chi connectivity index (χ0) is 28.7. The molecule has 238 valence electrons. The van der Waals surface area contributed by atoms with Crippen molar-refractivity contribution in [1.29, 1.82) is 0 Å². The third-order valence-electron chi connectivity index (χ3n) is 11.3. The highest BCUT2D eigenvalue weighted by atomic mass is 16.3. The fourth-order valence-electron chi connectivity index (χ4n) is 8.97. The molecule has 2 fully saturated rings. The van der Waals surface area contributed by atoms with Crippen LogP contribution >= 0.6 is 0 Å². The van der Waals surface area contributed by atoms with E-state index in [1.165, 1.54) is 154 Å². The van der Waals surface area contributed by atoms with Crippen molar-refractivity contribution in [3.8, 4) is 0 Å². The molecule has 0 amide bonds. The molecule has 40 heavy (non-hydrogen) atoms. The second kappa shape index (κ2) is 24.4. The molecule has 0 saturated heterocycles. The van der Waals surface area contributed by atoms with E-state index in [1.54, 1.807) is 12.8 Å². The smallest absolute Gasteiger partial charge is 0.0431 e. The van der Waals surface area contributed by atoms with Gasteiger partial charge in [0, 0.05) is 13.2 Å². The van der Waals surface area contributed by atoms with Gasteiger partial charge in [-0.25, -0.2) is 0 Å². The van der Waals surface area contributed by atoms with Crippen LogP contribution in [0, 0.1) is 35.5 Å². The van der Waals surface area contributed by atoms with Gasteiger partial charge in [0.1, 0.15) is 0 Å². The highest BCUT2D eigenvalue weighted by molar-refractivity contribution is 4.95. The van der Waals surface area contributed by atoms with E-state index < -0.39 is 0 Å². The fraction of sp³-hybridized carbons (Fsp3) is 1.00. The van der Waals surface area contributed by atoms with Crippen molar-refractivity contribution >= 4 is 0 Å². The number of hydrogen-bond donors (Lipinski definition) is 2. The minimum Gasteiger partial charge on any atom is -0.396 e. The molecule has 2 saturated carbocycles. The average molecular weight is 563 g/mol. The zero-order valence-corrected chi connectivity index (χ0v) is 27.6. The number of hydrogen-bond acceptors (Lipinski definition) is 2. The lowest BCUT2D eigenvalue weighted by atomic mass is 9.53. The number of rotatable bonds is 26. The van der Waals surface area contributed by atoms with Gasteiger partial charge in [0.2, 0.25) is 0 Å². The highest BCUT2D eigenvalue weighted by Crippen LogP contribution is 2.54. The first-order valence-corrected chi connectivity index (χ1v) is 19.0. The molecule has 2 rings (SSSR count). The number of fused-ring (bicyclic) bond motifs is 1. The lowest BCUT2D eigenvalue weighted by molar-refractivity contribution is -0.0204. The van der Waals surface area contributed by atoms with Crippen LogP contribution in [-0.4, -0.2) is 23.4 Å². The van der Waals surface area contributed by atoms with E-state index in [0.29, 0.717) is 13.2 Å². The van der Waals surface area contributed by atoms with Crippen LogP contribution in [0.25, 0.3) is 0 Å². The molecule has 2 N–H and O–H groups in total. The van der Waals surface area contributed by atoms with E-state index in [9.17, 15) is 0 Å². The quantitative estimate of drug-likeness (QED) is 0.103. The number of aliphatic hydroxyl groups is 2. The van der Waals surface area contributed by atoms with Gasteiger partial charge in [-0.15, -0.1) is 0 Å². The third kappa shape index (κ3) is 14.9. The number of unbranched alkanes of at least 4 members (excludes halogenated alkanes) is 16. The minimum absolute atomic E-state index is 0.370. The molecule has 0 radical (unpaired) electrons. The van der Waals surface area contributed by atoms with Gasteiger partial charge in [0.25, 0.3) is 0 Å². The molecule has 2 aliphatic rings. The molecule has 0 bridgehead atoms. The van der Waals surface area contributed by atoms with Crippen molar-refractivity contribution in [3.63, 3.8) is 0 Å². The highest BCUT2D eigenvalue weighted by Gasteiger charge is 2.45. The summed E-state index contributed by atoms with van der Waals surface area (Å²) >= 11 is 0. The van der Waals surface area contributed by atoms with Gasteiger partial charge >= 0.3 is 0 Å². The first kappa shape index (κ1) is 36.1. The lowest BCUT2D eigenvalue weighted by Crippen LogP contribution is -2.43. The largest absolute Gasteiger partial charge is 0.396 e. The summed E-state index contributed by atoms with van der Waals surface area (Å²) in [7, 11) is 0. The number of aliphatic hydroxyl groups excluding tert-OH is 2. The Kier molecular flexibility index (Phi) is 22.0. The van der Waals surface area contributed by atoms with Gasteiger partial charge in [-0.1, -0.05) is 149 Å². The predicted molar refractivity (Wildman–Crippen MR) is 176 cm³/mol. The molecular formula is C38H74O2. The Morgan fingerprint density at radius 2 is 0.925 bits per heavy atom. The fourth-order valence-corrected chi connectivity index (χ4v) is 8.97. The second-order valence-electron chi connectivity index (χ2n) is 14.4. The molecular weight excluding hydrogens is 488 g/mol. The third-order valence-corrected chi connectivity index (χ3v) is 11.3. The monoisotopic (exact) mass is 563 g/mol. The maximum atomic E-state index is 9.12. The van der Waals surface area contributed by atoms with E-state index in [0.717, 1.165) is 48.3 Å². The average Bonchev–Trinajstić information content (AvgIpc) is 2.97. The standard InChI is InChI=1S/C38H74O2/c1-3-5-7-18-24-34-32-35-28-27-33(23-17-13-9-11-15-21-29-39)31-38(35)37(36(34)25-19-8-6-4-2)26-20-14-10-12-16-22-30-40/h33-40H,3-32H2,1-2H3. The van der Waals surface area contributed by atoms with Crippen LogP contribution in [0.2, 0.25) is 0 Å². The predicted octanol–water partition coefficient (Wildman–Crippen LogP) is 11.7. The topological polar surface area (TPSA) is 40.5 Å². The Balaban J connectivity index is 1.99. The van der Waals surface area contributed by atoms with Crippen molar-refractivity contribution < 1.29 is 10.2 Å². The Hall–Kier alpha value is -0.0800. The Morgan fingerprint density at radius 3 is 1.50 bits per heavy atom. The molecule has 0 aliphatic heterocycles. The summed E-state index contributed by atoms with van der Waals surface area (Å²) in [6.07, 6.45) is 39.3. The molecule has 6 atom stereocenters.